The zero-order valence-corrected chi connectivity index (χ0v) is 9.17. The molecule has 1 aromatic carbocycles. The fourth-order valence-electron chi connectivity index (χ4n) is 1.33. The minimum absolute atomic E-state index is 0.0555. The van der Waals surface area contributed by atoms with Crippen LogP contribution in [0.2, 0.25) is 0 Å². The van der Waals surface area contributed by atoms with Crippen LogP contribution in [0.4, 0.5) is 0 Å². The molecule has 0 saturated carbocycles. The number of benzene rings is 1. The van der Waals surface area contributed by atoms with Crippen LogP contribution in [0.3, 0.4) is 0 Å². The molecule has 86 valence electrons. The molecule has 0 radical (unpaired) electrons. The van der Waals surface area contributed by atoms with Gasteiger partial charge in [0.2, 0.25) is 0 Å². The molecule has 1 atom stereocenters. The van der Waals surface area contributed by atoms with Crippen LogP contribution >= 0.6 is 0 Å². The molecule has 0 aliphatic rings. The minimum Gasteiger partial charge on any atom is -0.464 e. The van der Waals surface area contributed by atoms with Gasteiger partial charge in [0, 0.05) is 4.92 Å². The maximum atomic E-state index is 11.2. The molecule has 0 fully saturated rings. The molecule has 5 heteroatoms. The monoisotopic (exact) mass is 223 g/mol. The second kappa shape index (κ2) is 5.25. The van der Waals surface area contributed by atoms with Crippen molar-refractivity contribution < 1.29 is 14.5 Å². The van der Waals surface area contributed by atoms with E-state index in [9.17, 15) is 14.9 Å². The Morgan fingerprint density at radius 2 is 2.00 bits per heavy atom. The van der Waals surface area contributed by atoms with E-state index >= 15 is 0 Å². The molecule has 0 spiro atoms. The predicted octanol–water partition coefficient (Wildman–Crippen LogP) is 1.36. The maximum absolute atomic E-state index is 11.2. The van der Waals surface area contributed by atoms with Gasteiger partial charge in [-0.2, -0.15) is 0 Å². The normalized spacial score (nSPS) is 11.9. The molecular formula is C11H13NO4. The maximum Gasteiger partial charge on any atom is 0.381 e. The van der Waals surface area contributed by atoms with Gasteiger partial charge in [0.15, 0.2) is 0 Å². The van der Waals surface area contributed by atoms with E-state index in [2.05, 4.69) is 4.74 Å². The highest BCUT2D eigenvalue weighted by molar-refractivity contribution is 5.74. The van der Waals surface area contributed by atoms with Crippen molar-refractivity contribution in [3.05, 3.63) is 45.5 Å². The molecule has 0 N–H and O–H groups in total. The average molecular weight is 223 g/mol. The Morgan fingerprint density at radius 1 is 1.44 bits per heavy atom. The molecular weight excluding hydrogens is 210 g/mol. The van der Waals surface area contributed by atoms with Crippen LogP contribution in [-0.2, 0) is 16.0 Å². The Morgan fingerprint density at radius 3 is 2.44 bits per heavy atom. The Balaban J connectivity index is 2.80. The van der Waals surface area contributed by atoms with Crippen molar-refractivity contribution in [2.24, 2.45) is 0 Å². The minimum atomic E-state index is -1.33. The first-order valence-corrected chi connectivity index (χ1v) is 4.81. The highest BCUT2D eigenvalue weighted by atomic mass is 16.6. The molecule has 0 aliphatic carbocycles. The number of nitro groups is 1. The van der Waals surface area contributed by atoms with Crippen molar-refractivity contribution >= 4 is 5.97 Å². The summed E-state index contributed by atoms with van der Waals surface area (Å²) in [6.45, 7) is 1.93. The lowest BCUT2D eigenvalue weighted by Gasteiger charge is -2.07. The average Bonchev–Trinajstić information content (AvgIpc) is 2.27. The lowest BCUT2D eigenvalue weighted by atomic mass is 10.1. The molecule has 0 amide bonds. The molecule has 0 bridgehead atoms. The van der Waals surface area contributed by atoms with E-state index in [1.54, 1.807) is 12.1 Å². The topological polar surface area (TPSA) is 69.4 Å². The number of carbonyl (C=O) groups is 1. The lowest BCUT2D eigenvalue weighted by Crippen LogP contribution is -2.32. The zero-order chi connectivity index (χ0) is 12.1. The number of nitrogens with zero attached hydrogens (tertiary/aromatic N) is 1. The van der Waals surface area contributed by atoms with E-state index in [0.717, 1.165) is 18.2 Å². The number of esters is 1. The van der Waals surface area contributed by atoms with Crippen molar-refractivity contribution in [1.29, 1.82) is 0 Å². The molecule has 0 aliphatic heterocycles. The van der Waals surface area contributed by atoms with Crippen molar-refractivity contribution in [2.75, 3.05) is 7.11 Å². The van der Waals surface area contributed by atoms with E-state index in [1.165, 1.54) is 0 Å². The van der Waals surface area contributed by atoms with Gasteiger partial charge in [-0.15, -0.1) is 0 Å². The smallest absolute Gasteiger partial charge is 0.381 e. The first-order valence-electron chi connectivity index (χ1n) is 4.81. The summed E-state index contributed by atoms with van der Waals surface area (Å²) in [5.41, 5.74) is 1.82. The summed E-state index contributed by atoms with van der Waals surface area (Å²) >= 11 is 0. The summed E-state index contributed by atoms with van der Waals surface area (Å²) in [7, 11) is 1.15. The van der Waals surface area contributed by atoms with Gasteiger partial charge in [-0.05, 0) is 12.5 Å². The summed E-state index contributed by atoms with van der Waals surface area (Å²) in [6.07, 6.45) is 0.0555. The molecule has 5 nitrogen and oxygen atoms in total. The third-order valence-corrected chi connectivity index (χ3v) is 2.28. The second-order valence-corrected chi connectivity index (χ2v) is 3.51. The molecule has 0 heterocycles. The SMILES string of the molecule is COC(=O)C(Cc1ccc(C)cc1)[N+](=O)[O-]. The van der Waals surface area contributed by atoms with Gasteiger partial charge in [-0.1, -0.05) is 29.8 Å². The number of hydrogen-bond acceptors (Lipinski definition) is 4. The molecule has 0 saturated heterocycles. The first kappa shape index (κ1) is 12.2. The summed E-state index contributed by atoms with van der Waals surface area (Å²) in [5, 5.41) is 10.7. The third kappa shape index (κ3) is 3.05. The number of carbonyl (C=O) groups excluding carboxylic acids is 1. The van der Waals surface area contributed by atoms with E-state index < -0.39 is 16.9 Å². The van der Waals surface area contributed by atoms with Crippen molar-refractivity contribution in [1.82, 2.24) is 0 Å². The summed E-state index contributed by atoms with van der Waals surface area (Å²) in [4.78, 5) is 21.2. The Kier molecular flexibility index (Phi) is 3.99. The first-order chi connectivity index (χ1) is 7.54. The van der Waals surface area contributed by atoms with Gasteiger partial charge < -0.3 is 4.74 Å². The number of rotatable bonds is 4. The number of methoxy groups -OCH3 is 1. The fraction of sp³-hybridized carbons (Fsp3) is 0.364. The summed E-state index contributed by atoms with van der Waals surface area (Å²) < 4.78 is 4.39. The zero-order valence-electron chi connectivity index (χ0n) is 9.17. The van der Waals surface area contributed by atoms with Crippen LogP contribution < -0.4 is 0 Å². The molecule has 1 aromatic rings. The van der Waals surface area contributed by atoms with Crippen molar-refractivity contribution in [3.8, 4) is 0 Å². The van der Waals surface area contributed by atoms with E-state index in [0.29, 0.717) is 0 Å². The fourth-order valence-corrected chi connectivity index (χ4v) is 1.33. The van der Waals surface area contributed by atoms with Gasteiger partial charge in [0.05, 0.1) is 13.5 Å². The number of aryl methyl sites for hydroxylation is 1. The van der Waals surface area contributed by atoms with Crippen molar-refractivity contribution in [3.63, 3.8) is 0 Å². The molecule has 1 rings (SSSR count). The van der Waals surface area contributed by atoms with Crippen LogP contribution in [0, 0.1) is 17.0 Å². The second-order valence-electron chi connectivity index (χ2n) is 3.51. The largest absolute Gasteiger partial charge is 0.464 e. The highest BCUT2D eigenvalue weighted by Crippen LogP contribution is 2.08. The van der Waals surface area contributed by atoms with E-state index in [4.69, 9.17) is 0 Å². The Labute approximate surface area is 93.2 Å². The van der Waals surface area contributed by atoms with Crippen LogP contribution in [0.5, 0.6) is 0 Å². The Hall–Kier alpha value is -1.91. The standard InChI is InChI=1S/C11H13NO4/c1-8-3-5-9(6-4-8)7-10(12(14)15)11(13)16-2/h3-6,10H,7H2,1-2H3. The molecule has 0 aromatic heterocycles. The summed E-state index contributed by atoms with van der Waals surface area (Å²) in [5.74, 6) is -0.814. The van der Waals surface area contributed by atoms with E-state index in [1.807, 2.05) is 19.1 Å². The van der Waals surface area contributed by atoms with Gasteiger partial charge in [-0.25, -0.2) is 4.79 Å². The van der Waals surface area contributed by atoms with Gasteiger partial charge in [0.1, 0.15) is 0 Å². The van der Waals surface area contributed by atoms with E-state index in [-0.39, 0.29) is 6.42 Å². The number of ether oxygens (including phenoxy) is 1. The van der Waals surface area contributed by atoms with Crippen LogP contribution in [0.15, 0.2) is 24.3 Å². The molecule has 16 heavy (non-hydrogen) atoms. The Bertz CT molecular complexity index is 385. The van der Waals surface area contributed by atoms with Crippen molar-refractivity contribution in [2.45, 2.75) is 19.4 Å². The molecule has 1 unspecified atom stereocenters. The quantitative estimate of drug-likeness (QED) is 0.439. The van der Waals surface area contributed by atoms with Crippen LogP contribution in [0.25, 0.3) is 0 Å². The summed E-state index contributed by atoms with van der Waals surface area (Å²) in [6, 6.07) is 5.92. The van der Waals surface area contributed by atoms with Gasteiger partial charge in [0.25, 0.3) is 0 Å². The third-order valence-electron chi connectivity index (χ3n) is 2.28. The van der Waals surface area contributed by atoms with Gasteiger partial charge >= 0.3 is 12.0 Å². The number of hydrogen-bond donors (Lipinski definition) is 0. The van der Waals surface area contributed by atoms with Crippen LogP contribution in [-0.4, -0.2) is 24.0 Å². The predicted molar refractivity (Wildman–Crippen MR) is 57.7 cm³/mol. The van der Waals surface area contributed by atoms with Gasteiger partial charge in [-0.3, -0.25) is 10.1 Å². The van der Waals surface area contributed by atoms with Crippen LogP contribution in [0.1, 0.15) is 11.1 Å². The highest BCUT2D eigenvalue weighted by Gasteiger charge is 2.30. The lowest BCUT2D eigenvalue weighted by molar-refractivity contribution is -0.509.